The molecule has 0 N–H and O–H groups in total. The summed E-state index contributed by atoms with van der Waals surface area (Å²) < 4.78 is 20.6. The summed E-state index contributed by atoms with van der Waals surface area (Å²) >= 11 is 1.19. The lowest BCUT2D eigenvalue weighted by molar-refractivity contribution is -0.115. The maximum Gasteiger partial charge on any atom is 0.230 e. The smallest absolute Gasteiger partial charge is 0.230 e. The molecule has 1 atom stereocenters. The Hall–Kier alpha value is -4.10. The Labute approximate surface area is 199 Å². The van der Waals surface area contributed by atoms with Crippen molar-refractivity contribution in [1.29, 1.82) is 0 Å². The molecule has 3 aromatic carbocycles. The molecule has 4 aromatic rings. The molecule has 0 aliphatic carbocycles. The Morgan fingerprint density at radius 2 is 1.74 bits per heavy atom. The number of halogens is 1. The number of aromatic nitrogens is 1. The van der Waals surface area contributed by atoms with Gasteiger partial charge in [0.2, 0.25) is 5.91 Å². The van der Waals surface area contributed by atoms with Crippen molar-refractivity contribution < 1.29 is 18.7 Å². The quantitative estimate of drug-likeness (QED) is 0.325. The summed E-state index contributed by atoms with van der Waals surface area (Å²) in [4.78, 5) is 31.6. The number of nitrogens with zero attached hydrogens (tertiary/aromatic N) is 2. The Kier molecular flexibility index (Phi) is 5.77. The third-order valence-corrected chi connectivity index (χ3v) is 6.28. The zero-order chi connectivity index (χ0) is 23.7. The van der Waals surface area contributed by atoms with Crippen LogP contribution in [-0.2, 0) is 4.79 Å². The van der Waals surface area contributed by atoms with Gasteiger partial charge in [-0.25, -0.2) is 9.37 Å². The van der Waals surface area contributed by atoms with Crippen molar-refractivity contribution >= 4 is 39.9 Å². The van der Waals surface area contributed by atoms with Gasteiger partial charge in [0.15, 0.2) is 17.0 Å². The summed E-state index contributed by atoms with van der Waals surface area (Å²) in [7, 11) is 0. The van der Waals surface area contributed by atoms with Crippen molar-refractivity contribution in [3.63, 3.8) is 0 Å². The molecule has 7 heteroatoms. The molecular formula is C27H19FN2O3S. The van der Waals surface area contributed by atoms with Gasteiger partial charge in [-0.15, -0.1) is 11.3 Å². The maximum absolute atomic E-state index is 14.4. The Bertz CT molecular complexity index is 1410. The molecule has 168 valence electrons. The molecule has 0 saturated heterocycles. The highest BCUT2D eigenvalue weighted by atomic mass is 32.1. The van der Waals surface area contributed by atoms with E-state index in [1.165, 1.54) is 35.3 Å². The lowest BCUT2D eigenvalue weighted by Gasteiger charge is -2.28. The number of carbonyl (C=O) groups excluding carboxylic acids is 2. The fourth-order valence-electron chi connectivity index (χ4n) is 3.88. The van der Waals surface area contributed by atoms with Crippen molar-refractivity contribution in [2.75, 3.05) is 4.90 Å². The monoisotopic (exact) mass is 470 g/mol. The molecule has 0 fully saturated rings. The molecule has 1 aliphatic heterocycles. The topological polar surface area (TPSA) is 59.5 Å². The molecular weight excluding hydrogens is 451 g/mol. The van der Waals surface area contributed by atoms with Crippen LogP contribution in [-0.4, -0.2) is 16.7 Å². The SMILES string of the molecule is CC(=O)N(c1nc(C=C2C(=O)c3ccccc3OC2c2ccccc2)cs1)c1ccccc1F. The molecule has 34 heavy (non-hydrogen) atoms. The first-order valence-electron chi connectivity index (χ1n) is 10.6. The van der Waals surface area contributed by atoms with Crippen molar-refractivity contribution in [3.8, 4) is 5.75 Å². The number of rotatable bonds is 4. The summed E-state index contributed by atoms with van der Waals surface area (Å²) in [5.74, 6) is -0.515. The Morgan fingerprint density at radius 1 is 1.03 bits per heavy atom. The number of hydrogen-bond acceptors (Lipinski definition) is 5. The number of Topliss-reactive ketones (excluding diaryl/α,β-unsaturated/α-hetero) is 1. The first-order chi connectivity index (χ1) is 16.5. The Balaban J connectivity index is 1.57. The molecule has 2 heterocycles. The highest BCUT2D eigenvalue weighted by Gasteiger charge is 2.33. The van der Waals surface area contributed by atoms with Gasteiger partial charge in [-0.05, 0) is 35.9 Å². The van der Waals surface area contributed by atoms with E-state index < -0.39 is 11.9 Å². The summed E-state index contributed by atoms with van der Waals surface area (Å²) in [5, 5.41) is 2.04. The molecule has 0 bridgehead atoms. The second-order valence-electron chi connectivity index (χ2n) is 7.69. The van der Waals surface area contributed by atoms with E-state index in [1.54, 1.807) is 41.8 Å². The minimum absolute atomic E-state index is 0.122. The molecule has 0 saturated carbocycles. The highest BCUT2D eigenvalue weighted by molar-refractivity contribution is 7.14. The van der Waals surface area contributed by atoms with Crippen LogP contribution in [0.1, 0.15) is 34.6 Å². The number of para-hydroxylation sites is 2. The van der Waals surface area contributed by atoms with Crippen molar-refractivity contribution in [3.05, 3.63) is 112 Å². The second-order valence-corrected chi connectivity index (χ2v) is 8.53. The predicted molar refractivity (Wildman–Crippen MR) is 130 cm³/mol. The minimum Gasteiger partial charge on any atom is -0.480 e. The molecule has 0 radical (unpaired) electrons. The van der Waals surface area contributed by atoms with Gasteiger partial charge in [0.05, 0.1) is 16.9 Å². The van der Waals surface area contributed by atoms with E-state index in [0.29, 0.717) is 27.7 Å². The van der Waals surface area contributed by atoms with Crippen LogP contribution in [0.2, 0.25) is 0 Å². The maximum atomic E-state index is 14.4. The van der Waals surface area contributed by atoms with Crippen LogP contribution < -0.4 is 9.64 Å². The Morgan fingerprint density at radius 3 is 2.50 bits per heavy atom. The van der Waals surface area contributed by atoms with Crippen LogP contribution >= 0.6 is 11.3 Å². The van der Waals surface area contributed by atoms with Crippen LogP contribution in [0.25, 0.3) is 6.08 Å². The van der Waals surface area contributed by atoms with Crippen LogP contribution in [0, 0.1) is 5.82 Å². The number of thiazole rings is 1. The number of hydrogen-bond donors (Lipinski definition) is 0. The fourth-order valence-corrected chi connectivity index (χ4v) is 4.72. The van der Waals surface area contributed by atoms with Crippen LogP contribution in [0.15, 0.2) is 89.8 Å². The number of ether oxygens (including phenoxy) is 1. The van der Waals surface area contributed by atoms with Crippen LogP contribution in [0.3, 0.4) is 0 Å². The molecule has 1 unspecified atom stereocenters. The zero-order valence-electron chi connectivity index (χ0n) is 18.1. The van der Waals surface area contributed by atoms with Crippen molar-refractivity contribution in [1.82, 2.24) is 4.98 Å². The molecule has 5 nitrogen and oxygen atoms in total. The summed E-state index contributed by atoms with van der Waals surface area (Å²) in [6.45, 7) is 1.35. The average molecular weight is 471 g/mol. The van der Waals surface area contributed by atoms with E-state index in [2.05, 4.69) is 4.98 Å². The molecule has 1 aliphatic rings. The molecule has 1 aromatic heterocycles. The van der Waals surface area contributed by atoms with Crippen molar-refractivity contribution in [2.24, 2.45) is 0 Å². The number of benzene rings is 3. The lowest BCUT2D eigenvalue weighted by Crippen LogP contribution is -2.24. The third kappa shape index (κ3) is 4.02. The van der Waals surface area contributed by atoms with E-state index in [4.69, 9.17) is 4.74 Å². The number of fused-ring (bicyclic) bond motifs is 1. The average Bonchev–Trinajstić information content (AvgIpc) is 3.30. The standard InChI is InChI=1S/C27H19FN2O3S/c1-17(31)30(23-13-7-6-12-22(23)28)27-29-19(16-34-27)15-21-25(32)20-11-5-8-14-24(20)33-26(21)18-9-3-2-4-10-18/h2-16,26H,1H3. The first kappa shape index (κ1) is 21.7. The first-order valence-corrected chi connectivity index (χ1v) is 11.5. The molecule has 5 rings (SSSR count). The van der Waals surface area contributed by atoms with Crippen LogP contribution in [0.5, 0.6) is 5.75 Å². The van der Waals surface area contributed by atoms with Gasteiger partial charge in [-0.3, -0.25) is 14.5 Å². The fraction of sp³-hybridized carbons (Fsp3) is 0.0741. The van der Waals surface area contributed by atoms with Gasteiger partial charge in [-0.2, -0.15) is 0 Å². The highest BCUT2D eigenvalue weighted by Crippen LogP contribution is 2.39. The van der Waals surface area contributed by atoms with Gasteiger partial charge >= 0.3 is 0 Å². The zero-order valence-corrected chi connectivity index (χ0v) is 19.0. The predicted octanol–water partition coefficient (Wildman–Crippen LogP) is 6.37. The molecule has 0 spiro atoms. The van der Waals surface area contributed by atoms with E-state index in [1.807, 2.05) is 36.4 Å². The van der Waals surface area contributed by atoms with Gasteiger partial charge in [-0.1, -0.05) is 54.6 Å². The second kappa shape index (κ2) is 9.03. The third-order valence-electron chi connectivity index (χ3n) is 5.44. The van der Waals surface area contributed by atoms with E-state index in [9.17, 15) is 14.0 Å². The van der Waals surface area contributed by atoms with Gasteiger partial charge < -0.3 is 4.74 Å². The number of anilines is 2. The van der Waals surface area contributed by atoms with E-state index in [0.717, 1.165) is 5.56 Å². The lowest BCUT2D eigenvalue weighted by atomic mass is 9.90. The van der Waals surface area contributed by atoms with Gasteiger partial charge in [0, 0.05) is 17.9 Å². The van der Waals surface area contributed by atoms with Gasteiger partial charge in [0.25, 0.3) is 0 Å². The van der Waals surface area contributed by atoms with Crippen molar-refractivity contribution in [2.45, 2.75) is 13.0 Å². The number of carbonyl (C=O) groups is 2. The number of ketones is 1. The van der Waals surface area contributed by atoms with E-state index >= 15 is 0 Å². The largest absolute Gasteiger partial charge is 0.480 e. The normalized spacial score (nSPS) is 16.1. The summed E-state index contributed by atoms with van der Waals surface area (Å²) in [5.41, 5.74) is 2.35. The summed E-state index contributed by atoms with van der Waals surface area (Å²) in [6, 6.07) is 22.7. The molecule has 1 amide bonds. The van der Waals surface area contributed by atoms with Gasteiger partial charge in [0.1, 0.15) is 11.6 Å². The summed E-state index contributed by atoms with van der Waals surface area (Å²) in [6.07, 6.45) is 1.07. The number of amides is 1. The van der Waals surface area contributed by atoms with Crippen LogP contribution in [0.4, 0.5) is 15.2 Å². The minimum atomic E-state index is -0.607. The van der Waals surface area contributed by atoms with E-state index in [-0.39, 0.29) is 17.4 Å².